The van der Waals surface area contributed by atoms with Gasteiger partial charge < -0.3 is 10.1 Å². The number of ether oxygens (including phenoxy) is 1. The number of piperidine rings is 1. The molecule has 1 fully saturated rings. The van der Waals surface area contributed by atoms with Gasteiger partial charge in [0.25, 0.3) is 0 Å². The SMILES string of the molecule is c1nnn2c1CO[C@H]1CNCC[C@@H]12. The molecule has 3 rings (SSSR count). The van der Waals surface area contributed by atoms with Crippen LogP contribution in [0.25, 0.3) is 0 Å². The van der Waals surface area contributed by atoms with Crippen molar-refractivity contribution in [3.63, 3.8) is 0 Å². The third-order valence-electron chi connectivity index (χ3n) is 2.80. The summed E-state index contributed by atoms with van der Waals surface area (Å²) in [6, 6.07) is 0.396. The lowest BCUT2D eigenvalue weighted by molar-refractivity contribution is -0.0393. The van der Waals surface area contributed by atoms with Crippen LogP contribution in [0.4, 0.5) is 0 Å². The maximum Gasteiger partial charge on any atom is 0.0929 e. The van der Waals surface area contributed by atoms with Gasteiger partial charge in [-0.25, -0.2) is 4.68 Å². The summed E-state index contributed by atoms with van der Waals surface area (Å²) in [4.78, 5) is 0. The maximum absolute atomic E-state index is 5.70. The van der Waals surface area contributed by atoms with Crippen molar-refractivity contribution in [3.05, 3.63) is 11.9 Å². The van der Waals surface area contributed by atoms with Gasteiger partial charge in [-0.15, -0.1) is 5.10 Å². The summed E-state index contributed by atoms with van der Waals surface area (Å²) in [6.45, 7) is 2.63. The van der Waals surface area contributed by atoms with Gasteiger partial charge >= 0.3 is 0 Å². The average molecular weight is 180 g/mol. The molecule has 5 nitrogen and oxygen atoms in total. The number of nitrogens with one attached hydrogen (secondary N) is 1. The van der Waals surface area contributed by atoms with Crippen molar-refractivity contribution in [1.82, 2.24) is 20.3 Å². The van der Waals surface area contributed by atoms with Gasteiger partial charge in [0.2, 0.25) is 0 Å². The molecular formula is C8H12N4O. The molecule has 0 spiro atoms. The van der Waals surface area contributed by atoms with E-state index in [1.54, 1.807) is 6.20 Å². The molecule has 0 aromatic carbocycles. The van der Waals surface area contributed by atoms with Gasteiger partial charge in [0.1, 0.15) is 0 Å². The first-order valence-corrected chi connectivity index (χ1v) is 4.66. The Labute approximate surface area is 76.1 Å². The molecule has 2 aliphatic heterocycles. The van der Waals surface area contributed by atoms with Crippen LogP contribution in [0.1, 0.15) is 18.2 Å². The Bertz CT molecular complexity index is 311. The molecule has 0 saturated carbocycles. The zero-order valence-corrected chi connectivity index (χ0v) is 7.31. The van der Waals surface area contributed by atoms with Crippen molar-refractivity contribution in [1.29, 1.82) is 0 Å². The molecule has 0 amide bonds. The van der Waals surface area contributed by atoms with Crippen molar-refractivity contribution in [2.75, 3.05) is 13.1 Å². The molecule has 3 heterocycles. The van der Waals surface area contributed by atoms with E-state index in [4.69, 9.17) is 4.74 Å². The molecule has 1 N–H and O–H groups in total. The molecule has 1 saturated heterocycles. The lowest BCUT2D eigenvalue weighted by Crippen LogP contribution is -2.46. The number of hydrogen-bond acceptors (Lipinski definition) is 4. The van der Waals surface area contributed by atoms with Crippen molar-refractivity contribution in [3.8, 4) is 0 Å². The summed E-state index contributed by atoms with van der Waals surface area (Å²) in [5, 5.41) is 11.3. The molecule has 2 aliphatic rings. The number of nitrogens with zero attached hydrogens (tertiary/aromatic N) is 3. The zero-order chi connectivity index (χ0) is 8.67. The van der Waals surface area contributed by atoms with E-state index in [2.05, 4.69) is 15.6 Å². The lowest BCUT2D eigenvalue weighted by atomic mass is 10.0. The fraction of sp³-hybridized carbons (Fsp3) is 0.750. The topological polar surface area (TPSA) is 52.0 Å². The zero-order valence-electron chi connectivity index (χ0n) is 7.31. The lowest BCUT2D eigenvalue weighted by Gasteiger charge is -2.36. The van der Waals surface area contributed by atoms with Gasteiger partial charge in [0.05, 0.1) is 30.6 Å². The highest BCUT2D eigenvalue weighted by molar-refractivity contribution is 5.00. The van der Waals surface area contributed by atoms with Gasteiger partial charge in [0, 0.05) is 6.54 Å². The molecule has 0 aliphatic carbocycles. The van der Waals surface area contributed by atoms with Gasteiger partial charge in [-0.05, 0) is 13.0 Å². The van der Waals surface area contributed by atoms with Crippen molar-refractivity contribution in [2.45, 2.75) is 25.2 Å². The fourth-order valence-corrected chi connectivity index (χ4v) is 2.11. The van der Waals surface area contributed by atoms with E-state index in [1.165, 1.54) is 0 Å². The molecule has 0 bridgehead atoms. The number of rotatable bonds is 0. The Hall–Kier alpha value is -0.940. The quantitative estimate of drug-likeness (QED) is 0.596. The smallest absolute Gasteiger partial charge is 0.0929 e. The van der Waals surface area contributed by atoms with Crippen LogP contribution in [0.15, 0.2) is 6.20 Å². The highest BCUT2D eigenvalue weighted by Gasteiger charge is 2.32. The Kier molecular flexibility index (Phi) is 1.60. The summed E-state index contributed by atoms with van der Waals surface area (Å²) in [5.41, 5.74) is 1.10. The predicted octanol–water partition coefficient (Wildman–Crippen LogP) is -0.289. The molecule has 1 aromatic heterocycles. The normalized spacial score (nSPS) is 32.3. The van der Waals surface area contributed by atoms with Gasteiger partial charge in [-0.3, -0.25) is 0 Å². The van der Waals surface area contributed by atoms with E-state index in [1.807, 2.05) is 4.68 Å². The second-order valence-electron chi connectivity index (χ2n) is 3.58. The summed E-state index contributed by atoms with van der Waals surface area (Å²) < 4.78 is 7.73. The van der Waals surface area contributed by atoms with E-state index in [0.29, 0.717) is 12.6 Å². The Balaban J connectivity index is 1.97. The van der Waals surface area contributed by atoms with Crippen LogP contribution in [0.2, 0.25) is 0 Å². The monoisotopic (exact) mass is 180 g/mol. The van der Waals surface area contributed by atoms with Gasteiger partial charge in [0.15, 0.2) is 0 Å². The Morgan fingerprint density at radius 3 is 3.62 bits per heavy atom. The van der Waals surface area contributed by atoms with E-state index in [9.17, 15) is 0 Å². The predicted molar refractivity (Wildman–Crippen MR) is 45.1 cm³/mol. The van der Waals surface area contributed by atoms with E-state index < -0.39 is 0 Å². The van der Waals surface area contributed by atoms with Crippen molar-refractivity contribution >= 4 is 0 Å². The van der Waals surface area contributed by atoms with Crippen LogP contribution < -0.4 is 5.32 Å². The van der Waals surface area contributed by atoms with Gasteiger partial charge in [-0.1, -0.05) is 5.21 Å². The molecule has 0 unspecified atom stereocenters. The average Bonchev–Trinajstić information content (AvgIpc) is 2.65. The number of hydrogen-bond donors (Lipinski definition) is 1. The van der Waals surface area contributed by atoms with Crippen LogP contribution in [0.3, 0.4) is 0 Å². The summed E-state index contributed by atoms with van der Waals surface area (Å²) >= 11 is 0. The third kappa shape index (κ3) is 1.08. The van der Waals surface area contributed by atoms with Crippen LogP contribution in [-0.4, -0.2) is 34.2 Å². The Morgan fingerprint density at radius 2 is 2.62 bits per heavy atom. The van der Waals surface area contributed by atoms with E-state index in [-0.39, 0.29) is 6.10 Å². The van der Waals surface area contributed by atoms with Crippen LogP contribution in [0, 0.1) is 0 Å². The van der Waals surface area contributed by atoms with Gasteiger partial charge in [-0.2, -0.15) is 0 Å². The molecular weight excluding hydrogens is 168 g/mol. The van der Waals surface area contributed by atoms with Crippen molar-refractivity contribution < 1.29 is 4.74 Å². The first-order valence-electron chi connectivity index (χ1n) is 4.66. The molecule has 2 atom stereocenters. The largest absolute Gasteiger partial charge is 0.368 e. The standard InChI is InChI=1S/C8H12N4O/c1-2-9-4-8-7(1)12-6(5-13-8)3-10-11-12/h3,7-9H,1-2,4-5H2/t7-,8-/m0/s1. The third-order valence-corrected chi connectivity index (χ3v) is 2.80. The molecule has 13 heavy (non-hydrogen) atoms. The molecule has 0 radical (unpaired) electrons. The minimum absolute atomic E-state index is 0.281. The van der Waals surface area contributed by atoms with E-state index in [0.717, 1.165) is 25.2 Å². The highest BCUT2D eigenvalue weighted by atomic mass is 16.5. The fourth-order valence-electron chi connectivity index (χ4n) is 2.11. The highest BCUT2D eigenvalue weighted by Crippen LogP contribution is 2.27. The van der Waals surface area contributed by atoms with Crippen LogP contribution in [-0.2, 0) is 11.3 Å². The van der Waals surface area contributed by atoms with Crippen molar-refractivity contribution in [2.24, 2.45) is 0 Å². The second-order valence-corrected chi connectivity index (χ2v) is 3.58. The molecule has 5 heteroatoms. The van der Waals surface area contributed by atoms with Crippen LogP contribution in [0.5, 0.6) is 0 Å². The number of aromatic nitrogens is 3. The van der Waals surface area contributed by atoms with Crippen LogP contribution >= 0.6 is 0 Å². The summed E-state index contributed by atoms with van der Waals surface area (Å²) in [5.74, 6) is 0. The maximum atomic E-state index is 5.70. The van der Waals surface area contributed by atoms with E-state index >= 15 is 0 Å². The molecule has 70 valence electrons. The molecule has 1 aromatic rings. The minimum Gasteiger partial charge on any atom is -0.368 e. The number of fused-ring (bicyclic) bond motifs is 3. The summed E-state index contributed by atoms with van der Waals surface area (Å²) in [7, 11) is 0. The second kappa shape index (κ2) is 2.78. The minimum atomic E-state index is 0.281. The first kappa shape index (κ1) is 7.46. The Morgan fingerprint density at radius 1 is 1.62 bits per heavy atom. The first-order chi connectivity index (χ1) is 6.45. The summed E-state index contributed by atoms with van der Waals surface area (Å²) in [6.07, 6.45) is 3.15.